The summed E-state index contributed by atoms with van der Waals surface area (Å²) in [5, 5.41) is 0. The van der Waals surface area contributed by atoms with Crippen LogP contribution < -0.4 is 5.73 Å². The first-order valence-corrected chi connectivity index (χ1v) is 6.07. The molecule has 0 aliphatic heterocycles. The predicted octanol–water partition coefficient (Wildman–Crippen LogP) is 2.39. The third-order valence-corrected chi connectivity index (χ3v) is 3.10. The van der Waals surface area contributed by atoms with Crippen LogP contribution in [-0.2, 0) is 6.42 Å². The van der Waals surface area contributed by atoms with Gasteiger partial charge in [-0.05, 0) is 30.7 Å². The molecule has 2 heterocycles. The van der Waals surface area contributed by atoms with Gasteiger partial charge in [0, 0.05) is 28.7 Å². The lowest BCUT2D eigenvalue weighted by Gasteiger charge is -2.01. The van der Waals surface area contributed by atoms with Gasteiger partial charge < -0.3 is 5.73 Å². The Morgan fingerprint density at radius 3 is 2.75 bits per heavy atom. The Hall–Kier alpha value is -1.55. The van der Waals surface area contributed by atoms with Crippen molar-refractivity contribution in [2.24, 2.45) is 0 Å². The van der Waals surface area contributed by atoms with E-state index in [1.807, 2.05) is 36.5 Å². The summed E-state index contributed by atoms with van der Waals surface area (Å²) < 4.78 is 0. The molecule has 0 unspecified atom stereocenters. The Bertz CT molecular complexity index is 428. The van der Waals surface area contributed by atoms with Gasteiger partial charge in [0.05, 0.1) is 0 Å². The average molecular weight is 231 g/mol. The van der Waals surface area contributed by atoms with Crippen LogP contribution in [0, 0.1) is 0 Å². The monoisotopic (exact) mass is 231 g/mol. The fourth-order valence-electron chi connectivity index (χ4n) is 1.30. The van der Waals surface area contributed by atoms with E-state index in [0.717, 1.165) is 22.8 Å². The van der Waals surface area contributed by atoms with E-state index in [1.54, 1.807) is 18.0 Å². The number of hydrogen-bond donors (Lipinski definition) is 1. The molecule has 82 valence electrons. The maximum Gasteiger partial charge on any atom is 0.123 e. The molecule has 4 heteroatoms. The largest absolute Gasteiger partial charge is 0.384 e. The van der Waals surface area contributed by atoms with Crippen molar-refractivity contribution in [1.82, 2.24) is 9.97 Å². The SMILES string of the molecule is Nc1ccc(SCCc2ccccn2)cn1. The molecule has 2 aromatic heterocycles. The Morgan fingerprint density at radius 2 is 2.06 bits per heavy atom. The number of nitrogen functional groups attached to an aromatic ring is 1. The molecule has 0 radical (unpaired) electrons. The summed E-state index contributed by atoms with van der Waals surface area (Å²) in [5.74, 6) is 1.57. The normalized spacial score (nSPS) is 10.2. The van der Waals surface area contributed by atoms with Gasteiger partial charge in [-0.1, -0.05) is 6.07 Å². The summed E-state index contributed by atoms with van der Waals surface area (Å²) in [6.45, 7) is 0. The molecule has 0 atom stereocenters. The highest BCUT2D eigenvalue weighted by Crippen LogP contribution is 2.18. The van der Waals surface area contributed by atoms with Gasteiger partial charge in [-0.25, -0.2) is 4.98 Å². The van der Waals surface area contributed by atoms with Crippen LogP contribution in [0.5, 0.6) is 0 Å². The average Bonchev–Trinajstić information content (AvgIpc) is 2.33. The van der Waals surface area contributed by atoms with E-state index in [-0.39, 0.29) is 0 Å². The number of nitrogens with two attached hydrogens (primary N) is 1. The summed E-state index contributed by atoms with van der Waals surface area (Å²) in [5.41, 5.74) is 6.64. The molecule has 2 rings (SSSR count). The van der Waals surface area contributed by atoms with Gasteiger partial charge in [0.1, 0.15) is 5.82 Å². The number of hydrogen-bond acceptors (Lipinski definition) is 4. The number of nitrogens with zero attached hydrogens (tertiary/aromatic N) is 2. The van der Waals surface area contributed by atoms with Crippen LogP contribution >= 0.6 is 11.8 Å². The van der Waals surface area contributed by atoms with Crippen LogP contribution in [-0.4, -0.2) is 15.7 Å². The van der Waals surface area contributed by atoms with Crippen molar-refractivity contribution in [2.75, 3.05) is 11.5 Å². The first-order chi connectivity index (χ1) is 7.84. The highest BCUT2D eigenvalue weighted by molar-refractivity contribution is 7.99. The van der Waals surface area contributed by atoms with Gasteiger partial charge in [-0.3, -0.25) is 4.98 Å². The fourth-order valence-corrected chi connectivity index (χ4v) is 2.13. The third-order valence-electron chi connectivity index (χ3n) is 2.11. The van der Waals surface area contributed by atoms with Crippen LogP contribution in [0.15, 0.2) is 47.6 Å². The lowest BCUT2D eigenvalue weighted by Crippen LogP contribution is -1.92. The first kappa shape index (κ1) is 11.0. The van der Waals surface area contributed by atoms with E-state index in [0.29, 0.717) is 5.82 Å². The molecule has 0 saturated carbocycles. The van der Waals surface area contributed by atoms with Crippen molar-refractivity contribution in [1.29, 1.82) is 0 Å². The summed E-state index contributed by atoms with van der Waals surface area (Å²) >= 11 is 1.77. The van der Waals surface area contributed by atoms with E-state index in [4.69, 9.17) is 5.73 Å². The first-order valence-electron chi connectivity index (χ1n) is 5.09. The minimum atomic E-state index is 0.564. The molecule has 2 N–H and O–H groups in total. The van der Waals surface area contributed by atoms with E-state index in [2.05, 4.69) is 9.97 Å². The quantitative estimate of drug-likeness (QED) is 0.821. The minimum absolute atomic E-state index is 0.564. The number of pyridine rings is 2. The molecular weight excluding hydrogens is 218 g/mol. The van der Waals surface area contributed by atoms with Crippen molar-refractivity contribution in [3.8, 4) is 0 Å². The highest BCUT2D eigenvalue weighted by atomic mass is 32.2. The number of aromatic nitrogens is 2. The number of anilines is 1. The second-order valence-corrected chi connectivity index (χ2v) is 4.51. The molecule has 0 bridgehead atoms. The molecule has 0 fully saturated rings. The second kappa shape index (κ2) is 5.51. The van der Waals surface area contributed by atoms with Crippen LogP contribution in [0.1, 0.15) is 5.69 Å². The molecule has 0 spiro atoms. The Morgan fingerprint density at radius 1 is 1.12 bits per heavy atom. The molecule has 0 aromatic carbocycles. The van der Waals surface area contributed by atoms with Crippen molar-refractivity contribution >= 4 is 17.6 Å². The number of thioether (sulfide) groups is 1. The summed E-state index contributed by atoms with van der Waals surface area (Å²) in [6.07, 6.45) is 4.60. The Kier molecular flexibility index (Phi) is 3.77. The molecule has 0 aliphatic carbocycles. The topological polar surface area (TPSA) is 51.8 Å². The molecule has 0 amide bonds. The van der Waals surface area contributed by atoms with Gasteiger partial charge in [0.2, 0.25) is 0 Å². The van der Waals surface area contributed by atoms with Crippen molar-refractivity contribution in [2.45, 2.75) is 11.3 Å². The van der Waals surface area contributed by atoms with Gasteiger partial charge in [-0.2, -0.15) is 0 Å². The molecular formula is C12H13N3S. The standard InChI is InChI=1S/C12H13N3S/c13-12-5-4-11(9-15-12)16-8-6-10-3-1-2-7-14-10/h1-5,7,9H,6,8H2,(H2,13,15). The van der Waals surface area contributed by atoms with Crippen LogP contribution in [0.3, 0.4) is 0 Å². The van der Waals surface area contributed by atoms with E-state index in [9.17, 15) is 0 Å². The Balaban J connectivity index is 1.82. The molecule has 2 aromatic rings. The molecule has 0 aliphatic rings. The van der Waals surface area contributed by atoms with Gasteiger partial charge in [-0.15, -0.1) is 11.8 Å². The molecule has 16 heavy (non-hydrogen) atoms. The highest BCUT2D eigenvalue weighted by Gasteiger charge is 1.96. The fraction of sp³-hybridized carbons (Fsp3) is 0.167. The maximum absolute atomic E-state index is 5.52. The maximum atomic E-state index is 5.52. The lowest BCUT2D eigenvalue weighted by molar-refractivity contribution is 1.05. The van der Waals surface area contributed by atoms with Crippen molar-refractivity contribution in [3.05, 3.63) is 48.4 Å². The van der Waals surface area contributed by atoms with Gasteiger partial charge in [0.15, 0.2) is 0 Å². The zero-order chi connectivity index (χ0) is 11.2. The smallest absolute Gasteiger partial charge is 0.123 e. The lowest BCUT2D eigenvalue weighted by atomic mass is 10.3. The van der Waals surface area contributed by atoms with E-state index >= 15 is 0 Å². The van der Waals surface area contributed by atoms with E-state index < -0.39 is 0 Å². The molecule has 3 nitrogen and oxygen atoms in total. The minimum Gasteiger partial charge on any atom is -0.384 e. The number of aryl methyl sites for hydroxylation is 1. The summed E-state index contributed by atoms with van der Waals surface area (Å²) in [6, 6.07) is 9.80. The third kappa shape index (κ3) is 3.24. The summed E-state index contributed by atoms with van der Waals surface area (Å²) in [7, 11) is 0. The zero-order valence-corrected chi connectivity index (χ0v) is 9.65. The molecule has 0 saturated heterocycles. The van der Waals surface area contributed by atoms with Crippen LogP contribution in [0.25, 0.3) is 0 Å². The summed E-state index contributed by atoms with van der Waals surface area (Å²) in [4.78, 5) is 9.46. The van der Waals surface area contributed by atoms with Gasteiger partial charge in [0.25, 0.3) is 0 Å². The van der Waals surface area contributed by atoms with Crippen molar-refractivity contribution in [3.63, 3.8) is 0 Å². The Labute approximate surface area is 99.1 Å². The number of rotatable bonds is 4. The predicted molar refractivity (Wildman–Crippen MR) is 67.3 cm³/mol. The van der Waals surface area contributed by atoms with Crippen LogP contribution in [0.2, 0.25) is 0 Å². The van der Waals surface area contributed by atoms with Crippen LogP contribution in [0.4, 0.5) is 5.82 Å². The van der Waals surface area contributed by atoms with E-state index in [1.165, 1.54) is 0 Å². The van der Waals surface area contributed by atoms with Gasteiger partial charge >= 0.3 is 0 Å². The van der Waals surface area contributed by atoms with Crippen molar-refractivity contribution < 1.29 is 0 Å². The zero-order valence-electron chi connectivity index (χ0n) is 8.84. The second-order valence-electron chi connectivity index (χ2n) is 3.34.